The number of hydrogen-bond donors (Lipinski definition) is 2. The van der Waals surface area contributed by atoms with Gasteiger partial charge in [0.05, 0.1) is 6.54 Å². The lowest BCUT2D eigenvalue weighted by Crippen LogP contribution is -2.28. The first kappa shape index (κ1) is 13.9. The Morgan fingerprint density at radius 1 is 1.32 bits per heavy atom. The highest BCUT2D eigenvalue weighted by Crippen LogP contribution is 2.22. The smallest absolute Gasteiger partial charge is 0.258 e. The van der Waals surface area contributed by atoms with E-state index in [9.17, 15) is 4.79 Å². The molecule has 4 nitrogen and oxygen atoms in total. The third-order valence-corrected chi connectivity index (χ3v) is 4.31. The van der Waals surface area contributed by atoms with E-state index in [-0.39, 0.29) is 12.5 Å². The predicted octanol–water partition coefficient (Wildman–Crippen LogP) is 2.79. The highest BCUT2D eigenvalue weighted by molar-refractivity contribution is 9.10. The summed E-state index contributed by atoms with van der Waals surface area (Å²) in [5.74, 6) is 0.471. The van der Waals surface area contributed by atoms with Gasteiger partial charge < -0.3 is 15.8 Å². The molecule has 1 amide bonds. The van der Waals surface area contributed by atoms with E-state index in [0.717, 1.165) is 9.35 Å². The Morgan fingerprint density at radius 2 is 2.05 bits per heavy atom. The van der Waals surface area contributed by atoms with Crippen molar-refractivity contribution in [3.05, 3.63) is 45.1 Å². The van der Waals surface area contributed by atoms with Gasteiger partial charge in [0.15, 0.2) is 6.61 Å². The Kier molecular flexibility index (Phi) is 4.81. The van der Waals surface area contributed by atoms with Crippen molar-refractivity contribution < 1.29 is 9.53 Å². The van der Waals surface area contributed by atoms with Gasteiger partial charge in [-0.05, 0) is 51.6 Å². The Bertz CT molecular complexity index is 554. The van der Waals surface area contributed by atoms with Gasteiger partial charge in [-0.3, -0.25) is 4.79 Å². The molecule has 0 atom stereocenters. The van der Waals surface area contributed by atoms with Gasteiger partial charge >= 0.3 is 0 Å². The number of benzene rings is 1. The van der Waals surface area contributed by atoms with Gasteiger partial charge in [0, 0.05) is 15.0 Å². The number of nitrogen functional groups attached to an aromatic ring is 1. The SMILES string of the molecule is Nc1ccc(OCC(=O)NCc2sccc2Br)cc1. The van der Waals surface area contributed by atoms with Crippen LogP contribution >= 0.6 is 27.3 Å². The van der Waals surface area contributed by atoms with Crippen LogP contribution in [0.5, 0.6) is 5.75 Å². The summed E-state index contributed by atoms with van der Waals surface area (Å²) in [7, 11) is 0. The van der Waals surface area contributed by atoms with Crippen LogP contribution in [0.1, 0.15) is 4.88 Å². The third kappa shape index (κ3) is 4.25. The van der Waals surface area contributed by atoms with Crippen LogP contribution in [0.4, 0.5) is 5.69 Å². The van der Waals surface area contributed by atoms with E-state index >= 15 is 0 Å². The monoisotopic (exact) mass is 340 g/mol. The maximum Gasteiger partial charge on any atom is 0.258 e. The highest BCUT2D eigenvalue weighted by atomic mass is 79.9. The van der Waals surface area contributed by atoms with Crippen LogP contribution in [-0.2, 0) is 11.3 Å². The summed E-state index contributed by atoms with van der Waals surface area (Å²) < 4.78 is 6.36. The van der Waals surface area contributed by atoms with Crippen molar-refractivity contribution in [1.82, 2.24) is 5.32 Å². The van der Waals surface area contributed by atoms with Crippen LogP contribution in [0.25, 0.3) is 0 Å². The fraction of sp³-hybridized carbons (Fsp3) is 0.154. The quantitative estimate of drug-likeness (QED) is 0.822. The van der Waals surface area contributed by atoms with Gasteiger partial charge in [-0.15, -0.1) is 11.3 Å². The van der Waals surface area contributed by atoms with E-state index in [4.69, 9.17) is 10.5 Å². The van der Waals surface area contributed by atoms with Crippen molar-refractivity contribution in [2.45, 2.75) is 6.54 Å². The minimum absolute atomic E-state index is 0.00703. The van der Waals surface area contributed by atoms with E-state index in [1.165, 1.54) is 0 Å². The maximum absolute atomic E-state index is 11.6. The third-order valence-electron chi connectivity index (χ3n) is 2.39. The first-order valence-corrected chi connectivity index (χ1v) is 7.29. The zero-order valence-electron chi connectivity index (χ0n) is 10.1. The normalized spacial score (nSPS) is 10.2. The van der Waals surface area contributed by atoms with Crippen LogP contribution in [-0.4, -0.2) is 12.5 Å². The lowest BCUT2D eigenvalue weighted by atomic mass is 10.3. The number of halogens is 1. The van der Waals surface area contributed by atoms with Crippen LogP contribution in [0.2, 0.25) is 0 Å². The molecule has 3 N–H and O–H groups in total. The lowest BCUT2D eigenvalue weighted by molar-refractivity contribution is -0.123. The van der Waals surface area contributed by atoms with Crippen molar-refractivity contribution in [2.75, 3.05) is 12.3 Å². The molecule has 0 aliphatic carbocycles. The summed E-state index contributed by atoms with van der Waals surface area (Å²) in [6.07, 6.45) is 0. The standard InChI is InChI=1S/C13H13BrN2O2S/c14-11-5-6-19-12(11)7-16-13(17)8-18-10-3-1-9(15)2-4-10/h1-6H,7-8,15H2,(H,16,17). The van der Waals surface area contributed by atoms with Gasteiger partial charge in [0.25, 0.3) is 5.91 Å². The summed E-state index contributed by atoms with van der Waals surface area (Å²) in [4.78, 5) is 12.7. The molecule has 100 valence electrons. The minimum atomic E-state index is -0.155. The van der Waals surface area contributed by atoms with E-state index in [2.05, 4.69) is 21.2 Å². The molecule has 0 bridgehead atoms. The summed E-state index contributed by atoms with van der Waals surface area (Å²) >= 11 is 5.01. The van der Waals surface area contributed by atoms with Crippen molar-refractivity contribution in [3.63, 3.8) is 0 Å². The number of ether oxygens (including phenoxy) is 1. The number of nitrogens with one attached hydrogen (secondary N) is 1. The number of anilines is 1. The molecule has 0 fully saturated rings. The van der Waals surface area contributed by atoms with Gasteiger partial charge in [-0.1, -0.05) is 0 Å². The summed E-state index contributed by atoms with van der Waals surface area (Å²) in [5.41, 5.74) is 6.23. The number of hydrogen-bond acceptors (Lipinski definition) is 4. The first-order valence-electron chi connectivity index (χ1n) is 5.62. The molecule has 0 spiro atoms. The number of thiophene rings is 1. The van der Waals surface area contributed by atoms with E-state index < -0.39 is 0 Å². The molecule has 19 heavy (non-hydrogen) atoms. The molecule has 2 rings (SSSR count). The molecule has 0 radical (unpaired) electrons. The molecule has 6 heteroatoms. The molecule has 0 unspecified atom stereocenters. The predicted molar refractivity (Wildman–Crippen MR) is 80.2 cm³/mol. The number of rotatable bonds is 5. The van der Waals surface area contributed by atoms with Crippen molar-refractivity contribution in [3.8, 4) is 5.75 Å². The van der Waals surface area contributed by atoms with Crippen molar-refractivity contribution in [1.29, 1.82) is 0 Å². The van der Waals surface area contributed by atoms with Crippen molar-refractivity contribution in [2.24, 2.45) is 0 Å². The molecule has 0 aliphatic heterocycles. The molecule has 1 aromatic carbocycles. The molecule has 0 saturated heterocycles. The van der Waals surface area contributed by atoms with Gasteiger partial charge in [0.1, 0.15) is 5.75 Å². The Labute approximate surface area is 123 Å². The average molecular weight is 341 g/mol. The topological polar surface area (TPSA) is 64.3 Å². The summed E-state index contributed by atoms with van der Waals surface area (Å²) in [5, 5.41) is 4.77. The van der Waals surface area contributed by atoms with Crippen LogP contribution in [0.15, 0.2) is 40.2 Å². The second kappa shape index (κ2) is 6.58. The summed E-state index contributed by atoms with van der Waals surface area (Å²) in [6.45, 7) is 0.495. The van der Waals surface area contributed by atoms with Crippen LogP contribution in [0, 0.1) is 0 Å². The van der Waals surface area contributed by atoms with E-state index in [0.29, 0.717) is 18.0 Å². The zero-order chi connectivity index (χ0) is 13.7. The Morgan fingerprint density at radius 3 is 2.68 bits per heavy atom. The number of carbonyl (C=O) groups excluding carboxylic acids is 1. The lowest BCUT2D eigenvalue weighted by Gasteiger charge is -2.07. The second-order valence-electron chi connectivity index (χ2n) is 3.83. The Balaban J connectivity index is 1.76. The van der Waals surface area contributed by atoms with Crippen LogP contribution < -0.4 is 15.8 Å². The van der Waals surface area contributed by atoms with Gasteiger partial charge in [-0.25, -0.2) is 0 Å². The molecule has 0 aliphatic rings. The molecule has 2 aromatic rings. The summed E-state index contributed by atoms with van der Waals surface area (Å²) in [6, 6.07) is 8.89. The minimum Gasteiger partial charge on any atom is -0.484 e. The fourth-order valence-corrected chi connectivity index (χ4v) is 2.83. The van der Waals surface area contributed by atoms with Crippen molar-refractivity contribution >= 4 is 38.9 Å². The first-order chi connectivity index (χ1) is 9.15. The van der Waals surface area contributed by atoms with E-state index in [1.807, 2.05) is 11.4 Å². The van der Waals surface area contributed by atoms with Crippen LogP contribution in [0.3, 0.4) is 0 Å². The highest BCUT2D eigenvalue weighted by Gasteiger charge is 2.05. The number of carbonyl (C=O) groups is 1. The molecule has 0 saturated carbocycles. The molecule has 1 aromatic heterocycles. The second-order valence-corrected chi connectivity index (χ2v) is 5.68. The Hall–Kier alpha value is -1.53. The van der Waals surface area contributed by atoms with E-state index in [1.54, 1.807) is 35.6 Å². The zero-order valence-corrected chi connectivity index (χ0v) is 12.5. The number of nitrogens with two attached hydrogens (primary N) is 1. The molecule has 1 heterocycles. The largest absolute Gasteiger partial charge is 0.484 e. The fourth-order valence-electron chi connectivity index (χ4n) is 1.39. The van der Waals surface area contributed by atoms with Gasteiger partial charge in [0.2, 0.25) is 0 Å². The number of amides is 1. The average Bonchev–Trinajstić information content (AvgIpc) is 2.81. The molecular formula is C13H13BrN2O2S. The maximum atomic E-state index is 11.6. The van der Waals surface area contributed by atoms with Gasteiger partial charge in [-0.2, -0.15) is 0 Å². The molecular weight excluding hydrogens is 328 g/mol.